The van der Waals surface area contributed by atoms with Gasteiger partial charge in [-0.05, 0) is 12.1 Å². The molecule has 12 heteroatoms. The Hall–Kier alpha value is -1.99. The van der Waals surface area contributed by atoms with Crippen LogP contribution in [0.4, 0.5) is 5.82 Å². The molecule has 0 radical (unpaired) electrons. The number of nitrogen functional groups attached to an aromatic ring is 1. The highest BCUT2D eigenvalue weighted by Crippen LogP contribution is 2.33. The molecule has 3 heterocycles. The van der Waals surface area contributed by atoms with Crippen LogP contribution in [0.5, 0.6) is 0 Å². The van der Waals surface area contributed by atoms with Gasteiger partial charge in [-0.2, -0.15) is 11.8 Å². The summed E-state index contributed by atoms with van der Waals surface area (Å²) in [6, 6.07) is -2.10. The lowest BCUT2D eigenvalue weighted by atomic mass is 10.1. The van der Waals surface area contributed by atoms with E-state index < -0.39 is 48.6 Å². The third kappa shape index (κ3) is 3.59. The summed E-state index contributed by atoms with van der Waals surface area (Å²) in [7, 11) is 0. The Balaban J connectivity index is 1.76. The van der Waals surface area contributed by atoms with E-state index in [4.69, 9.17) is 26.8 Å². The van der Waals surface area contributed by atoms with Crippen molar-refractivity contribution in [2.75, 3.05) is 17.2 Å². The molecular formula is C14H20N6O5S. The first-order valence-electron chi connectivity index (χ1n) is 9.45. The van der Waals surface area contributed by atoms with E-state index in [-0.39, 0.29) is 22.7 Å². The van der Waals surface area contributed by atoms with Crippen LogP contribution in [-0.2, 0) is 9.53 Å². The number of aromatic nitrogens is 4. The van der Waals surface area contributed by atoms with Crippen molar-refractivity contribution >= 4 is 34.7 Å². The van der Waals surface area contributed by atoms with Crippen LogP contribution in [0.3, 0.4) is 0 Å². The van der Waals surface area contributed by atoms with E-state index in [0.717, 1.165) is 0 Å². The molecule has 0 saturated carbocycles. The van der Waals surface area contributed by atoms with Crippen LogP contribution in [0.2, 0.25) is 0 Å². The van der Waals surface area contributed by atoms with Gasteiger partial charge in [0.2, 0.25) is 0 Å². The standard InChI is InChI=1S/C14H20N6O5S/c15-6(14(23)24)1-2-26-3-7-9(21)10(22)13(25-7)20-5-19-8-11(16)17-4-18-12(8)20/h4-7,9-10,13,21-22H,1-3,15H2,(H,23,24)(H2,16,17,18)/t6-,7+,9+,10+,13+/m0/s1/i1D2,2D2. The van der Waals surface area contributed by atoms with Crippen molar-refractivity contribution in [3.05, 3.63) is 12.7 Å². The molecule has 11 nitrogen and oxygen atoms in total. The lowest BCUT2D eigenvalue weighted by molar-refractivity contribution is -0.138. The summed E-state index contributed by atoms with van der Waals surface area (Å²) >= 11 is 0.388. The molecule has 142 valence electrons. The molecule has 2 aromatic heterocycles. The Morgan fingerprint density at radius 2 is 2.19 bits per heavy atom. The average molecular weight is 388 g/mol. The predicted octanol–water partition coefficient (Wildman–Crippen LogP) is -1.44. The van der Waals surface area contributed by atoms with Crippen LogP contribution in [0.15, 0.2) is 12.7 Å². The summed E-state index contributed by atoms with van der Waals surface area (Å²) < 4.78 is 38.4. The maximum absolute atomic E-state index is 11.0. The molecule has 0 aromatic carbocycles. The number of aliphatic hydroxyl groups is 2. The molecule has 1 fully saturated rings. The number of carboxylic acid groups (broad SMARTS) is 1. The minimum absolute atomic E-state index is 0.115. The first-order chi connectivity index (χ1) is 13.9. The zero-order chi connectivity index (χ0) is 22.4. The molecule has 7 N–H and O–H groups in total. The molecule has 0 spiro atoms. The Bertz CT molecular complexity index is 949. The zero-order valence-corrected chi connectivity index (χ0v) is 14.1. The topological polar surface area (TPSA) is 183 Å². The number of imidazole rings is 1. The third-order valence-corrected chi connectivity index (χ3v) is 4.56. The summed E-state index contributed by atoms with van der Waals surface area (Å²) in [6.07, 6.45) is -5.49. The maximum Gasteiger partial charge on any atom is 0.320 e. The van der Waals surface area contributed by atoms with Crippen molar-refractivity contribution < 1.29 is 30.3 Å². The number of aliphatic hydroxyl groups excluding tert-OH is 2. The SMILES string of the molecule is [2H]C([2H])(SC[C@H]1O[C@@H](n2cnc3c(N)ncnc32)[C@H](O)[C@@H]1O)C([2H])([2H])[C@H](N)C(=O)O. The molecule has 1 aliphatic heterocycles. The Kier molecular flexibility index (Phi) is 4.19. The van der Waals surface area contributed by atoms with Gasteiger partial charge in [-0.15, -0.1) is 0 Å². The van der Waals surface area contributed by atoms with Crippen LogP contribution in [0, 0.1) is 0 Å². The van der Waals surface area contributed by atoms with Crippen LogP contribution in [-0.4, -0.2) is 76.6 Å². The van der Waals surface area contributed by atoms with Gasteiger partial charge in [0, 0.05) is 11.2 Å². The maximum atomic E-state index is 11.0. The number of anilines is 1. The quantitative estimate of drug-likeness (QED) is 0.374. The van der Waals surface area contributed by atoms with E-state index in [2.05, 4.69) is 15.0 Å². The molecule has 0 unspecified atom stereocenters. The lowest BCUT2D eigenvalue weighted by Crippen LogP contribution is -2.33. The first-order valence-corrected chi connectivity index (χ1v) is 8.44. The second-order valence-electron chi connectivity index (χ2n) is 5.50. The van der Waals surface area contributed by atoms with Crippen molar-refractivity contribution in [1.82, 2.24) is 19.5 Å². The fourth-order valence-electron chi connectivity index (χ4n) is 2.44. The Morgan fingerprint density at radius 3 is 2.92 bits per heavy atom. The number of hydrogen-bond acceptors (Lipinski definition) is 10. The van der Waals surface area contributed by atoms with Crippen molar-refractivity contribution in [3.63, 3.8) is 0 Å². The molecule has 1 aliphatic rings. The van der Waals surface area contributed by atoms with Crippen molar-refractivity contribution in [2.45, 2.75) is 37.0 Å². The smallest absolute Gasteiger partial charge is 0.320 e. The van der Waals surface area contributed by atoms with Crippen LogP contribution in [0.25, 0.3) is 11.2 Å². The highest BCUT2D eigenvalue weighted by molar-refractivity contribution is 7.99. The van der Waals surface area contributed by atoms with E-state index >= 15 is 0 Å². The van der Waals surface area contributed by atoms with Crippen LogP contribution in [0.1, 0.15) is 18.1 Å². The Morgan fingerprint density at radius 1 is 1.42 bits per heavy atom. The molecule has 0 aliphatic carbocycles. The second-order valence-corrected chi connectivity index (χ2v) is 6.33. The number of thioether (sulfide) groups is 1. The number of carboxylic acids is 1. The van der Waals surface area contributed by atoms with Gasteiger partial charge < -0.3 is 31.5 Å². The highest BCUT2D eigenvalue weighted by atomic mass is 32.2. The lowest BCUT2D eigenvalue weighted by Gasteiger charge is -2.16. The van der Waals surface area contributed by atoms with E-state index in [1.807, 2.05) is 0 Å². The van der Waals surface area contributed by atoms with Crippen molar-refractivity contribution in [2.24, 2.45) is 5.73 Å². The summed E-state index contributed by atoms with van der Waals surface area (Å²) in [5, 5.41) is 29.7. The predicted molar refractivity (Wildman–Crippen MR) is 93.2 cm³/mol. The molecule has 1 saturated heterocycles. The molecule has 26 heavy (non-hydrogen) atoms. The van der Waals surface area contributed by atoms with E-state index in [1.165, 1.54) is 17.2 Å². The molecule has 0 bridgehead atoms. The van der Waals surface area contributed by atoms with Gasteiger partial charge in [0.05, 0.1) is 12.4 Å². The second kappa shape index (κ2) is 7.72. The highest BCUT2D eigenvalue weighted by Gasteiger charge is 2.44. The van der Waals surface area contributed by atoms with Gasteiger partial charge in [-0.3, -0.25) is 9.36 Å². The van der Waals surface area contributed by atoms with E-state index in [1.54, 1.807) is 0 Å². The largest absolute Gasteiger partial charge is 0.480 e. The summed E-state index contributed by atoms with van der Waals surface area (Å²) in [5.74, 6) is -1.87. The number of hydrogen-bond donors (Lipinski definition) is 5. The minimum Gasteiger partial charge on any atom is -0.480 e. The molecule has 5 atom stereocenters. The van der Waals surface area contributed by atoms with Crippen LogP contribution < -0.4 is 11.5 Å². The number of aliphatic carboxylic acids is 1. The van der Waals surface area contributed by atoms with Gasteiger partial charge in [0.25, 0.3) is 0 Å². The van der Waals surface area contributed by atoms with Gasteiger partial charge in [0.1, 0.15) is 30.1 Å². The van der Waals surface area contributed by atoms with E-state index in [9.17, 15) is 15.0 Å². The molecule has 2 aromatic rings. The van der Waals surface area contributed by atoms with E-state index in [0.29, 0.717) is 11.8 Å². The fraction of sp³-hybridized carbons (Fsp3) is 0.571. The number of fused-ring (bicyclic) bond motifs is 1. The van der Waals surface area contributed by atoms with Gasteiger partial charge in [-0.1, -0.05) is 0 Å². The van der Waals surface area contributed by atoms with Crippen molar-refractivity contribution in [1.29, 1.82) is 0 Å². The number of nitrogens with two attached hydrogens (primary N) is 2. The number of ether oxygens (including phenoxy) is 1. The number of nitrogens with zero attached hydrogens (tertiary/aromatic N) is 4. The van der Waals surface area contributed by atoms with Crippen LogP contribution >= 0.6 is 11.8 Å². The fourth-order valence-corrected chi connectivity index (χ4v) is 3.18. The number of rotatable bonds is 7. The number of carbonyl (C=O) groups is 1. The molecule has 3 rings (SSSR count). The minimum atomic E-state index is -2.92. The van der Waals surface area contributed by atoms with Crippen molar-refractivity contribution in [3.8, 4) is 0 Å². The van der Waals surface area contributed by atoms with Gasteiger partial charge in [0.15, 0.2) is 17.7 Å². The summed E-state index contributed by atoms with van der Waals surface area (Å²) in [6.45, 7) is 0. The molecular weight excluding hydrogens is 364 g/mol. The monoisotopic (exact) mass is 388 g/mol. The third-order valence-electron chi connectivity index (χ3n) is 3.80. The van der Waals surface area contributed by atoms with Gasteiger partial charge >= 0.3 is 5.97 Å². The normalized spacial score (nSPS) is 30.4. The zero-order valence-electron chi connectivity index (χ0n) is 17.3. The first kappa shape index (κ1) is 14.1. The summed E-state index contributed by atoms with van der Waals surface area (Å²) in [4.78, 5) is 22.9. The molecule has 0 amide bonds. The average Bonchev–Trinajstić information content (AvgIpc) is 3.22. The Labute approximate surface area is 158 Å². The summed E-state index contributed by atoms with van der Waals surface area (Å²) in [5.41, 5.74) is 8.82. The van der Waals surface area contributed by atoms with Gasteiger partial charge in [-0.25, -0.2) is 15.0 Å².